The minimum Gasteiger partial charge on any atom is -0.309 e. The zero-order valence-corrected chi connectivity index (χ0v) is 38.4. The normalized spacial score (nSPS) is 14.1. The molecule has 1 aliphatic heterocycles. The van der Waals surface area contributed by atoms with Crippen LogP contribution in [0.25, 0.3) is 119 Å². The molecule has 0 bridgehead atoms. The maximum absolute atomic E-state index is 5.77. The van der Waals surface area contributed by atoms with E-state index in [0.717, 1.165) is 67.0 Å². The lowest BCUT2D eigenvalue weighted by Gasteiger charge is -2.15. The molecule has 9 aromatic carbocycles. The van der Waals surface area contributed by atoms with Crippen molar-refractivity contribution in [3.8, 4) is 34.0 Å². The third-order valence-corrected chi connectivity index (χ3v) is 16.3. The van der Waals surface area contributed by atoms with Crippen molar-refractivity contribution >= 4 is 109 Å². The molecule has 4 nitrogen and oxygen atoms in total. The van der Waals surface area contributed by atoms with Crippen LogP contribution in [0.2, 0.25) is 0 Å². The van der Waals surface area contributed by atoms with E-state index in [0.29, 0.717) is 11.2 Å². The number of aromatic nitrogens is 4. The van der Waals surface area contributed by atoms with Crippen LogP contribution in [-0.4, -0.2) is 24.4 Å². The summed E-state index contributed by atoms with van der Waals surface area (Å²) in [5.41, 5.74) is 12.4. The molecule has 14 rings (SSSR count). The Morgan fingerprint density at radius 3 is 2.19 bits per heavy atom. The molecule has 0 N–H and O–H groups in total. The molecule has 0 saturated carbocycles. The molecule has 1 aliphatic rings. The highest BCUT2D eigenvalue weighted by molar-refractivity contribution is 8.00. The number of rotatable bonds is 7. The fourth-order valence-corrected chi connectivity index (χ4v) is 13.2. The van der Waals surface area contributed by atoms with Crippen molar-refractivity contribution in [3.63, 3.8) is 0 Å². The van der Waals surface area contributed by atoms with E-state index in [4.69, 9.17) is 9.97 Å². The number of benzene rings is 9. The predicted molar refractivity (Wildman–Crippen MR) is 291 cm³/mol. The first-order valence-corrected chi connectivity index (χ1v) is 24.8. The van der Waals surface area contributed by atoms with Crippen LogP contribution >= 0.6 is 23.1 Å². The zero-order chi connectivity index (χ0) is 44.9. The van der Waals surface area contributed by atoms with Gasteiger partial charge in [-0.25, -0.2) is 9.97 Å². The molecule has 0 fully saturated rings. The van der Waals surface area contributed by atoms with Gasteiger partial charge in [-0.15, -0.1) is 23.1 Å². The molecule has 1 unspecified atom stereocenters. The molecule has 0 aliphatic carbocycles. The SMILES string of the molecule is C=C/C=C\C=C\C1Cc2ccc3nc(-n4c5ccc(-c6cccc7c8ccccc8n(-c8ccccc8)c67)cc5c5ccc6ccccc6c54)nc(-c4ccc5sc6ccccc6c5c4)c3c2S1. The summed E-state index contributed by atoms with van der Waals surface area (Å²) in [6, 6.07) is 66.6. The minimum atomic E-state index is 0.304. The molecule has 0 spiro atoms. The van der Waals surface area contributed by atoms with Gasteiger partial charge < -0.3 is 4.57 Å². The minimum absolute atomic E-state index is 0.304. The van der Waals surface area contributed by atoms with Gasteiger partial charge in [0.15, 0.2) is 0 Å². The van der Waals surface area contributed by atoms with Crippen molar-refractivity contribution in [1.82, 2.24) is 19.1 Å². The van der Waals surface area contributed by atoms with Crippen LogP contribution in [0.4, 0.5) is 0 Å². The number of para-hydroxylation sites is 3. The second-order valence-corrected chi connectivity index (χ2v) is 20.0. The number of fused-ring (bicyclic) bond motifs is 14. The van der Waals surface area contributed by atoms with E-state index in [-0.39, 0.29) is 0 Å². The lowest BCUT2D eigenvalue weighted by molar-refractivity contribution is 1.01. The van der Waals surface area contributed by atoms with Crippen molar-refractivity contribution < 1.29 is 0 Å². The summed E-state index contributed by atoms with van der Waals surface area (Å²) in [5.74, 6) is 0.659. The third kappa shape index (κ3) is 6.01. The van der Waals surface area contributed by atoms with E-state index < -0.39 is 0 Å². The Hall–Kier alpha value is -8.03. The monoisotopic (exact) mass is 904 g/mol. The average molecular weight is 905 g/mol. The second kappa shape index (κ2) is 15.5. The average Bonchev–Trinajstić information content (AvgIpc) is 4.16. The lowest BCUT2D eigenvalue weighted by Crippen LogP contribution is -2.04. The van der Waals surface area contributed by atoms with Crippen molar-refractivity contribution in [1.29, 1.82) is 0 Å². The van der Waals surface area contributed by atoms with Gasteiger partial charge >= 0.3 is 0 Å². The Morgan fingerprint density at radius 2 is 1.28 bits per heavy atom. The smallest absolute Gasteiger partial charge is 0.235 e. The molecule has 1 atom stereocenters. The maximum Gasteiger partial charge on any atom is 0.235 e. The van der Waals surface area contributed by atoms with Gasteiger partial charge in [0, 0.05) is 79.4 Å². The topological polar surface area (TPSA) is 35.6 Å². The Bertz CT molecular complexity index is 4300. The van der Waals surface area contributed by atoms with Gasteiger partial charge in [0.05, 0.1) is 33.3 Å². The van der Waals surface area contributed by atoms with Crippen LogP contribution in [-0.2, 0) is 6.42 Å². The van der Waals surface area contributed by atoms with Crippen molar-refractivity contribution in [2.24, 2.45) is 0 Å². The van der Waals surface area contributed by atoms with Crippen LogP contribution < -0.4 is 0 Å². The van der Waals surface area contributed by atoms with Crippen LogP contribution in [0.1, 0.15) is 5.56 Å². The fraction of sp³-hybridized carbons (Fsp3) is 0.0323. The van der Waals surface area contributed by atoms with Gasteiger partial charge in [0.2, 0.25) is 5.95 Å². The fourth-order valence-electron chi connectivity index (χ4n) is 10.8. The maximum atomic E-state index is 5.77. The van der Waals surface area contributed by atoms with Crippen molar-refractivity contribution in [2.45, 2.75) is 16.6 Å². The van der Waals surface area contributed by atoms with E-state index in [2.05, 4.69) is 216 Å². The molecule has 0 radical (unpaired) electrons. The summed E-state index contributed by atoms with van der Waals surface area (Å²) in [5, 5.41) is 11.1. The first kappa shape index (κ1) is 39.2. The Labute approximate surface area is 400 Å². The Morgan fingerprint density at radius 1 is 0.529 bits per heavy atom. The molecule has 0 amide bonds. The zero-order valence-electron chi connectivity index (χ0n) is 36.8. The molecule has 13 aromatic rings. The molecule has 320 valence electrons. The highest BCUT2D eigenvalue weighted by atomic mass is 32.2. The third-order valence-electron chi connectivity index (χ3n) is 13.8. The lowest BCUT2D eigenvalue weighted by atomic mass is 9.99. The highest BCUT2D eigenvalue weighted by Crippen LogP contribution is 2.47. The first-order chi connectivity index (χ1) is 33.7. The van der Waals surface area contributed by atoms with Crippen molar-refractivity contribution in [2.75, 3.05) is 0 Å². The van der Waals surface area contributed by atoms with E-state index in [1.54, 1.807) is 0 Å². The van der Waals surface area contributed by atoms with Gasteiger partial charge in [0.1, 0.15) is 0 Å². The number of hydrogen-bond acceptors (Lipinski definition) is 4. The second-order valence-electron chi connectivity index (χ2n) is 17.6. The van der Waals surface area contributed by atoms with E-state index in [9.17, 15) is 0 Å². The molecular formula is C62H40N4S2. The number of allylic oxidation sites excluding steroid dienone is 4. The van der Waals surface area contributed by atoms with E-state index in [1.165, 1.54) is 63.4 Å². The van der Waals surface area contributed by atoms with Gasteiger partial charge in [0.25, 0.3) is 0 Å². The molecule has 0 saturated heterocycles. The highest BCUT2D eigenvalue weighted by Gasteiger charge is 2.27. The summed E-state index contributed by atoms with van der Waals surface area (Å²) in [6.07, 6.45) is 11.2. The molecular weight excluding hydrogens is 865 g/mol. The van der Waals surface area contributed by atoms with Gasteiger partial charge in [-0.05, 0) is 77.5 Å². The van der Waals surface area contributed by atoms with Crippen molar-refractivity contribution in [3.05, 3.63) is 225 Å². The van der Waals surface area contributed by atoms with Crippen LogP contribution in [0.5, 0.6) is 0 Å². The van der Waals surface area contributed by atoms with Gasteiger partial charge in [-0.3, -0.25) is 4.57 Å². The Balaban J connectivity index is 1.03. The summed E-state index contributed by atoms with van der Waals surface area (Å²) >= 11 is 3.76. The standard InChI is InChI=1S/C62H40N4S2/c1-2-3-4-8-19-43-35-41-28-32-52-57(61(41)67-43)58(40-30-34-56-51(37-40)47-22-12-14-26-55(47)68-56)64-62(63-52)66-54-33-29-39(36-50(54)49-31-27-38-16-9-10-20-44(38)60(49)66)45-23-15-24-48-46-21-11-13-25-53(46)65(59(45)48)42-17-6-5-7-18-42/h2-34,36-37,43H,1,35H2/b4-3-,19-8+. The van der Waals surface area contributed by atoms with E-state index >= 15 is 0 Å². The summed E-state index contributed by atoms with van der Waals surface area (Å²) in [7, 11) is 0. The van der Waals surface area contributed by atoms with Gasteiger partial charge in [-0.1, -0.05) is 164 Å². The first-order valence-electron chi connectivity index (χ1n) is 23.1. The quantitative estimate of drug-likeness (QED) is 0.150. The summed E-state index contributed by atoms with van der Waals surface area (Å²) in [4.78, 5) is 12.6. The number of thiophene rings is 1. The van der Waals surface area contributed by atoms with Gasteiger partial charge in [-0.2, -0.15) is 0 Å². The molecule has 68 heavy (non-hydrogen) atoms. The largest absolute Gasteiger partial charge is 0.309 e. The summed E-state index contributed by atoms with van der Waals surface area (Å²) in [6.45, 7) is 3.84. The van der Waals surface area contributed by atoms with Crippen LogP contribution in [0.15, 0.2) is 224 Å². The number of hydrogen-bond donors (Lipinski definition) is 0. The number of thioether (sulfide) groups is 1. The number of nitrogens with zero attached hydrogens (tertiary/aromatic N) is 4. The molecule has 4 aromatic heterocycles. The molecule has 6 heteroatoms. The van der Waals surface area contributed by atoms with E-state index in [1.807, 2.05) is 35.3 Å². The van der Waals surface area contributed by atoms with Crippen LogP contribution in [0.3, 0.4) is 0 Å². The Kier molecular flexibility index (Phi) is 8.94. The predicted octanol–water partition coefficient (Wildman–Crippen LogP) is 17.0. The summed E-state index contributed by atoms with van der Waals surface area (Å²) < 4.78 is 7.32. The van der Waals surface area contributed by atoms with Crippen LogP contribution in [0, 0.1) is 0 Å². The molecule has 5 heterocycles.